The van der Waals surface area contributed by atoms with Crippen LogP contribution in [0.3, 0.4) is 0 Å². The summed E-state index contributed by atoms with van der Waals surface area (Å²) in [6, 6.07) is 6.08. The number of benzene rings is 1. The Hall–Kier alpha value is -1.75. The highest BCUT2D eigenvalue weighted by molar-refractivity contribution is 5.83. The van der Waals surface area contributed by atoms with Gasteiger partial charge < -0.3 is 0 Å². The summed E-state index contributed by atoms with van der Waals surface area (Å²) in [5, 5.41) is 3.87. The predicted octanol–water partition coefficient (Wildman–Crippen LogP) is 2.54. The monoisotopic (exact) mass is 291 g/mol. The quantitative estimate of drug-likeness (QED) is 0.684. The molecule has 0 saturated carbocycles. The molecule has 5 heteroatoms. The van der Waals surface area contributed by atoms with Crippen LogP contribution in [0.15, 0.2) is 29.4 Å². The van der Waals surface area contributed by atoms with Crippen molar-refractivity contribution in [2.75, 3.05) is 19.6 Å². The molecule has 1 aliphatic rings. The minimum Gasteiger partial charge on any atom is -0.294 e. The first-order valence-electron chi connectivity index (χ1n) is 7.54. The normalized spacial score (nSPS) is 17.4. The molecule has 2 rings (SSSR count). The molecule has 0 radical (unpaired) electrons. The number of nitrogens with one attached hydrogen (secondary N) is 1. The first kappa shape index (κ1) is 15.6. The molecule has 1 aromatic carbocycles. The Morgan fingerprint density at radius 3 is 2.67 bits per heavy atom. The lowest BCUT2D eigenvalue weighted by atomic mass is 10.1. The number of hydrogen-bond acceptors (Lipinski definition) is 3. The molecule has 0 aromatic heterocycles. The Balaban J connectivity index is 1.76. The fourth-order valence-corrected chi connectivity index (χ4v) is 2.48. The van der Waals surface area contributed by atoms with Gasteiger partial charge in [0.2, 0.25) is 0 Å². The van der Waals surface area contributed by atoms with Crippen LogP contribution in [0.2, 0.25) is 0 Å². The zero-order valence-electron chi connectivity index (χ0n) is 12.2. The minimum atomic E-state index is -0.314. The second-order valence-corrected chi connectivity index (χ2v) is 5.39. The number of hydrogen-bond donors (Lipinski definition) is 1. The summed E-state index contributed by atoms with van der Waals surface area (Å²) in [7, 11) is 0. The summed E-state index contributed by atoms with van der Waals surface area (Å²) < 4.78 is 13.0. The van der Waals surface area contributed by atoms with Gasteiger partial charge in [0.1, 0.15) is 5.82 Å². The molecule has 1 fully saturated rings. The molecule has 1 heterocycles. The topological polar surface area (TPSA) is 44.7 Å². The summed E-state index contributed by atoms with van der Waals surface area (Å²) in [5.41, 5.74) is 3.13. The number of halogens is 1. The molecule has 1 N–H and O–H groups in total. The van der Waals surface area contributed by atoms with E-state index in [4.69, 9.17) is 0 Å². The number of amides is 1. The van der Waals surface area contributed by atoms with Crippen molar-refractivity contribution in [3.05, 3.63) is 35.6 Å². The molecule has 21 heavy (non-hydrogen) atoms. The van der Waals surface area contributed by atoms with E-state index in [1.807, 2.05) is 0 Å². The van der Waals surface area contributed by atoms with E-state index in [1.54, 1.807) is 12.1 Å². The van der Waals surface area contributed by atoms with Crippen LogP contribution in [0, 0.1) is 5.82 Å². The number of rotatable bonds is 4. The highest BCUT2D eigenvalue weighted by Gasteiger charge is 2.11. The standard InChI is InChI=1S/C16H22FN3O/c17-15-8-6-7-14(11-15)12-18-19-16(21)13-20-9-4-2-1-3-5-10-20/h6-8,11-12H,1-5,9-10,13H2,(H,19,21). The summed E-state index contributed by atoms with van der Waals surface area (Å²) >= 11 is 0. The SMILES string of the molecule is O=C(CN1CCCCCCC1)NN=Cc1cccc(F)c1. The summed E-state index contributed by atoms with van der Waals surface area (Å²) in [6.07, 6.45) is 7.55. The maximum Gasteiger partial charge on any atom is 0.254 e. The Morgan fingerprint density at radius 2 is 1.95 bits per heavy atom. The van der Waals surface area contributed by atoms with Crippen LogP contribution in [0.25, 0.3) is 0 Å². The van der Waals surface area contributed by atoms with Crippen molar-refractivity contribution < 1.29 is 9.18 Å². The fourth-order valence-electron chi connectivity index (χ4n) is 2.48. The van der Waals surface area contributed by atoms with E-state index in [9.17, 15) is 9.18 Å². The molecule has 0 spiro atoms. The van der Waals surface area contributed by atoms with E-state index in [0.29, 0.717) is 12.1 Å². The van der Waals surface area contributed by atoms with Crippen molar-refractivity contribution in [1.82, 2.24) is 10.3 Å². The summed E-state index contributed by atoms with van der Waals surface area (Å²) in [4.78, 5) is 14.0. The van der Waals surface area contributed by atoms with Crippen LogP contribution >= 0.6 is 0 Å². The second-order valence-electron chi connectivity index (χ2n) is 5.39. The lowest BCUT2D eigenvalue weighted by Crippen LogP contribution is -2.37. The third kappa shape index (κ3) is 6.04. The number of carbonyl (C=O) groups excluding carboxylic acids is 1. The Kier molecular flexibility index (Phi) is 6.34. The van der Waals surface area contributed by atoms with E-state index in [1.165, 1.54) is 37.6 Å². The predicted molar refractivity (Wildman–Crippen MR) is 81.7 cm³/mol. The molecule has 4 nitrogen and oxygen atoms in total. The molecule has 1 aliphatic heterocycles. The molecular weight excluding hydrogens is 269 g/mol. The molecule has 0 bridgehead atoms. The average molecular weight is 291 g/mol. The van der Waals surface area contributed by atoms with Crippen molar-refractivity contribution in [1.29, 1.82) is 0 Å². The number of likely N-dealkylation sites (tertiary alicyclic amines) is 1. The number of nitrogens with zero attached hydrogens (tertiary/aromatic N) is 2. The van der Waals surface area contributed by atoms with Gasteiger partial charge in [-0.2, -0.15) is 5.10 Å². The van der Waals surface area contributed by atoms with Crippen LogP contribution < -0.4 is 5.43 Å². The van der Waals surface area contributed by atoms with Crippen LogP contribution in [0.5, 0.6) is 0 Å². The van der Waals surface area contributed by atoms with Crippen molar-refractivity contribution in [3.8, 4) is 0 Å². The van der Waals surface area contributed by atoms with Gasteiger partial charge in [0.25, 0.3) is 5.91 Å². The molecule has 114 valence electrons. The Morgan fingerprint density at radius 1 is 1.24 bits per heavy atom. The smallest absolute Gasteiger partial charge is 0.254 e. The van der Waals surface area contributed by atoms with Gasteiger partial charge >= 0.3 is 0 Å². The van der Waals surface area contributed by atoms with Gasteiger partial charge in [0, 0.05) is 0 Å². The lowest BCUT2D eigenvalue weighted by molar-refractivity contribution is -0.122. The third-order valence-electron chi connectivity index (χ3n) is 3.57. The lowest BCUT2D eigenvalue weighted by Gasteiger charge is -2.23. The van der Waals surface area contributed by atoms with E-state index in [0.717, 1.165) is 25.9 Å². The van der Waals surface area contributed by atoms with Gasteiger partial charge in [-0.25, -0.2) is 9.82 Å². The molecule has 0 aliphatic carbocycles. The Labute approximate surface area is 125 Å². The third-order valence-corrected chi connectivity index (χ3v) is 3.57. The van der Waals surface area contributed by atoms with Crippen molar-refractivity contribution >= 4 is 12.1 Å². The molecule has 1 saturated heterocycles. The molecule has 0 atom stereocenters. The summed E-state index contributed by atoms with van der Waals surface area (Å²) in [5.74, 6) is -0.436. The fraction of sp³-hybridized carbons (Fsp3) is 0.500. The van der Waals surface area contributed by atoms with Crippen LogP contribution in [-0.4, -0.2) is 36.7 Å². The van der Waals surface area contributed by atoms with Crippen molar-refractivity contribution in [3.63, 3.8) is 0 Å². The second kappa shape index (κ2) is 8.52. The molecule has 0 unspecified atom stereocenters. The van der Waals surface area contributed by atoms with Gasteiger partial charge in [-0.15, -0.1) is 0 Å². The number of carbonyl (C=O) groups is 1. The van der Waals surface area contributed by atoms with Crippen molar-refractivity contribution in [2.24, 2.45) is 5.10 Å². The zero-order valence-corrected chi connectivity index (χ0v) is 12.2. The van der Waals surface area contributed by atoms with Gasteiger partial charge in [-0.05, 0) is 43.6 Å². The van der Waals surface area contributed by atoms with Crippen LogP contribution in [0.1, 0.15) is 37.7 Å². The van der Waals surface area contributed by atoms with Gasteiger partial charge in [-0.1, -0.05) is 31.4 Å². The Bertz CT molecular complexity index is 482. The van der Waals surface area contributed by atoms with E-state index < -0.39 is 0 Å². The zero-order chi connectivity index (χ0) is 14.9. The highest BCUT2D eigenvalue weighted by atomic mass is 19.1. The van der Waals surface area contributed by atoms with Crippen LogP contribution in [-0.2, 0) is 4.79 Å². The van der Waals surface area contributed by atoms with E-state index in [-0.39, 0.29) is 11.7 Å². The van der Waals surface area contributed by atoms with E-state index in [2.05, 4.69) is 15.4 Å². The highest BCUT2D eigenvalue weighted by Crippen LogP contribution is 2.09. The van der Waals surface area contributed by atoms with Gasteiger partial charge in [0.05, 0.1) is 12.8 Å². The largest absolute Gasteiger partial charge is 0.294 e. The molecule has 1 amide bonds. The van der Waals surface area contributed by atoms with Crippen molar-refractivity contribution in [2.45, 2.75) is 32.1 Å². The van der Waals surface area contributed by atoms with Gasteiger partial charge in [-0.3, -0.25) is 9.69 Å². The first-order chi connectivity index (χ1) is 10.2. The maximum atomic E-state index is 13.0. The van der Waals surface area contributed by atoms with Crippen LogP contribution in [0.4, 0.5) is 4.39 Å². The average Bonchev–Trinajstić information content (AvgIpc) is 2.42. The molecular formula is C16H22FN3O. The first-order valence-corrected chi connectivity index (χ1v) is 7.54. The number of hydrazone groups is 1. The summed E-state index contributed by atoms with van der Waals surface area (Å²) in [6.45, 7) is 2.32. The minimum absolute atomic E-state index is 0.122. The molecule has 1 aromatic rings. The maximum absolute atomic E-state index is 13.0. The van der Waals surface area contributed by atoms with Gasteiger partial charge in [0.15, 0.2) is 0 Å². The van der Waals surface area contributed by atoms with E-state index >= 15 is 0 Å².